The van der Waals surface area contributed by atoms with Crippen molar-refractivity contribution < 1.29 is 26.3 Å². The number of nitrogens with zero attached hydrogens (tertiary/aromatic N) is 1. The van der Waals surface area contributed by atoms with Crippen LogP contribution in [0.2, 0.25) is 0 Å². The molecule has 0 spiro atoms. The van der Waals surface area contributed by atoms with Gasteiger partial charge in [-0.05, 0) is 18.2 Å². The molecule has 0 radical (unpaired) electrons. The zero-order valence-corrected chi connectivity index (χ0v) is 7.45. The zero-order chi connectivity index (χ0) is 12.6. The second kappa shape index (κ2) is 3.70. The lowest BCUT2D eigenvalue weighted by Gasteiger charge is -2.15. The monoisotopic (exact) mass is 239 g/mol. The third kappa shape index (κ3) is 2.45. The Morgan fingerprint density at radius 2 is 1.38 bits per heavy atom. The summed E-state index contributed by atoms with van der Waals surface area (Å²) in [5.41, 5.74) is -4.11. The Balaban J connectivity index is 3.47. The fourth-order valence-corrected chi connectivity index (χ4v) is 1.10. The predicted molar refractivity (Wildman–Crippen MR) is 41.2 cm³/mol. The van der Waals surface area contributed by atoms with Crippen molar-refractivity contribution in [1.82, 2.24) is 0 Å². The molecule has 0 unspecified atom stereocenters. The maximum Gasteiger partial charge on any atom is 0.417 e. The highest BCUT2D eigenvalue weighted by atomic mass is 19.4. The summed E-state index contributed by atoms with van der Waals surface area (Å²) in [4.78, 5) is 0. The minimum Gasteiger partial charge on any atom is -0.192 e. The summed E-state index contributed by atoms with van der Waals surface area (Å²) in [7, 11) is 0. The summed E-state index contributed by atoms with van der Waals surface area (Å²) in [6.45, 7) is 0. The Morgan fingerprint density at radius 1 is 0.875 bits per heavy atom. The molecular weight excluding hydrogens is 236 g/mol. The summed E-state index contributed by atoms with van der Waals surface area (Å²) >= 11 is 0. The maximum absolute atomic E-state index is 12.3. The van der Waals surface area contributed by atoms with Crippen LogP contribution in [0.25, 0.3) is 0 Å². The van der Waals surface area contributed by atoms with Crippen molar-refractivity contribution in [3.05, 3.63) is 34.9 Å². The maximum atomic E-state index is 12.3. The fourth-order valence-electron chi connectivity index (χ4n) is 1.10. The quantitative estimate of drug-likeness (QED) is 0.634. The van der Waals surface area contributed by atoms with Crippen molar-refractivity contribution in [2.24, 2.45) is 0 Å². The molecule has 0 N–H and O–H groups in total. The number of alkyl halides is 6. The molecule has 0 fully saturated rings. The van der Waals surface area contributed by atoms with Crippen molar-refractivity contribution in [2.75, 3.05) is 0 Å². The van der Waals surface area contributed by atoms with Crippen molar-refractivity contribution in [3.63, 3.8) is 0 Å². The molecule has 86 valence electrons. The molecule has 0 amide bonds. The smallest absolute Gasteiger partial charge is 0.192 e. The van der Waals surface area contributed by atoms with E-state index in [1.807, 2.05) is 0 Å². The highest BCUT2D eigenvalue weighted by Crippen LogP contribution is 2.40. The minimum absolute atomic E-state index is 0.183. The Morgan fingerprint density at radius 3 is 1.75 bits per heavy atom. The molecule has 0 aliphatic rings. The molecule has 7 heteroatoms. The lowest BCUT2D eigenvalue weighted by Crippen LogP contribution is -2.16. The topological polar surface area (TPSA) is 23.8 Å². The largest absolute Gasteiger partial charge is 0.417 e. The van der Waals surface area contributed by atoms with Gasteiger partial charge in [0.25, 0.3) is 0 Å². The first-order valence-corrected chi connectivity index (χ1v) is 3.85. The summed E-state index contributed by atoms with van der Waals surface area (Å²) in [6, 6.07) is 2.48. The van der Waals surface area contributed by atoms with E-state index < -0.39 is 29.0 Å². The van der Waals surface area contributed by atoms with Gasteiger partial charge in [0.1, 0.15) is 0 Å². The van der Waals surface area contributed by atoms with Crippen LogP contribution >= 0.6 is 0 Å². The van der Waals surface area contributed by atoms with Crippen LogP contribution in [0.3, 0.4) is 0 Å². The van der Waals surface area contributed by atoms with Gasteiger partial charge in [0.05, 0.1) is 22.8 Å². The number of hydrogen-bond acceptors (Lipinski definition) is 1. The van der Waals surface area contributed by atoms with Crippen LogP contribution in [0, 0.1) is 11.3 Å². The molecule has 0 aromatic heterocycles. The standard InChI is InChI=1S/C9H3F6N/c10-8(11,12)6-2-1-5(4-16)3-7(6)9(13,14)15/h1-3H. The fraction of sp³-hybridized carbons (Fsp3) is 0.222. The van der Waals surface area contributed by atoms with Gasteiger partial charge in [-0.3, -0.25) is 0 Å². The number of halogens is 6. The van der Waals surface area contributed by atoms with Gasteiger partial charge in [-0.1, -0.05) is 0 Å². The van der Waals surface area contributed by atoms with Crippen LogP contribution in [-0.4, -0.2) is 0 Å². The average Bonchev–Trinajstić information content (AvgIpc) is 2.14. The third-order valence-electron chi connectivity index (χ3n) is 1.76. The summed E-state index contributed by atoms with van der Waals surface area (Å²) in [5.74, 6) is 0. The van der Waals surface area contributed by atoms with Gasteiger partial charge in [-0.15, -0.1) is 0 Å². The lowest BCUT2D eigenvalue weighted by atomic mass is 10.0. The van der Waals surface area contributed by atoms with Gasteiger partial charge in [0.2, 0.25) is 0 Å². The number of benzene rings is 1. The highest BCUT2D eigenvalue weighted by Gasteiger charge is 2.42. The highest BCUT2D eigenvalue weighted by molar-refractivity contribution is 5.41. The Labute approximate surface area is 85.9 Å². The van der Waals surface area contributed by atoms with Gasteiger partial charge in [-0.2, -0.15) is 31.6 Å². The van der Waals surface area contributed by atoms with Gasteiger partial charge in [0.15, 0.2) is 0 Å². The number of rotatable bonds is 0. The van der Waals surface area contributed by atoms with Crippen LogP contribution in [0.4, 0.5) is 26.3 Å². The summed E-state index contributed by atoms with van der Waals surface area (Å²) < 4.78 is 73.6. The molecule has 0 aliphatic carbocycles. The van der Waals surface area contributed by atoms with E-state index in [4.69, 9.17) is 5.26 Å². The first-order valence-electron chi connectivity index (χ1n) is 3.85. The van der Waals surface area contributed by atoms with Crippen LogP contribution in [-0.2, 0) is 12.4 Å². The van der Waals surface area contributed by atoms with Crippen LogP contribution < -0.4 is 0 Å². The van der Waals surface area contributed by atoms with E-state index in [0.717, 1.165) is 0 Å². The van der Waals surface area contributed by atoms with Gasteiger partial charge < -0.3 is 0 Å². The molecule has 0 atom stereocenters. The van der Waals surface area contributed by atoms with Crippen molar-refractivity contribution >= 4 is 0 Å². The van der Waals surface area contributed by atoms with E-state index in [1.165, 1.54) is 6.07 Å². The predicted octanol–water partition coefficient (Wildman–Crippen LogP) is 3.60. The van der Waals surface area contributed by atoms with E-state index in [1.54, 1.807) is 0 Å². The van der Waals surface area contributed by atoms with E-state index in [9.17, 15) is 26.3 Å². The second-order valence-electron chi connectivity index (χ2n) is 2.87. The zero-order valence-electron chi connectivity index (χ0n) is 7.45. The third-order valence-corrected chi connectivity index (χ3v) is 1.76. The Kier molecular flexibility index (Phi) is 2.86. The van der Waals surface area contributed by atoms with Gasteiger partial charge in [-0.25, -0.2) is 0 Å². The Hall–Kier alpha value is -1.71. The van der Waals surface area contributed by atoms with E-state index in [2.05, 4.69) is 0 Å². The van der Waals surface area contributed by atoms with Gasteiger partial charge >= 0.3 is 12.4 Å². The first-order chi connectivity index (χ1) is 7.16. The summed E-state index contributed by atoms with van der Waals surface area (Å²) in [5, 5.41) is 8.32. The molecular formula is C9H3F6N. The molecule has 16 heavy (non-hydrogen) atoms. The van der Waals surface area contributed by atoms with Gasteiger partial charge in [0, 0.05) is 0 Å². The molecule has 1 nitrogen and oxygen atoms in total. The molecule has 0 saturated carbocycles. The molecule has 0 bridgehead atoms. The van der Waals surface area contributed by atoms with Crippen LogP contribution in [0.15, 0.2) is 18.2 Å². The number of hydrogen-bond donors (Lipinski definition) is 0. The van der Waals surface area contributed by atoms with Crippen LogP contribution in [0.5, 0.6) is 0 Å². The number of nitriles is 1. The van der Waals surface area contributed by atoms with Crippen molar-refractivity contribution in [3.8, 4) is 6.07 Å². The van der Waals surface area contributed by atoms with E-state index >= 15 is 0 Å². The van der Waals surface area contributed by atoms with Crippen LogP contribution in [0.1, 0.15) is 16.7 Å². The SMILES string of the molecule is N#Cc1ccc(C(F)(F)F)c(C(F)(F)F)c1. The minimum atomic E-state index is -5.14. The molecule has 0 saturated heterocycles. The molecule has 1 aromatic rings. The summed E-state index contributed by atoms with van der Waals surface area (Å²) in [6.07, 6.45) is -10.2. The van der Waals surface area contributed by atoms with Crippen molar-refractivity contribution in [2.45, 2.75) is 12.4 Å². The normalized spacial score (nSPS) is 12.3. The average molecular weight is 239 g/mol. The van der Waals surface area contributed by atoms with E-state index in [0.29, 0.717) is 6.07 Å². The molecule has 1 rings (SSSR count). The molecule has 0 heterocycles. The lowest BCUT2D eigenvalue weighted by molar-refractivity contribution is -0.162. The molecule has 1 aromatic carbocycles. The molecule has 0 aliphatic heterocycles. The second-order valence-corrected chi connectivity index (χ2v) is 2.87. The first kappa shape index (κ1) is 12.4. The van der Waals surface area contributed by atoms with E-state index in [-0.39, 0.29) is 12.1 Å². The van der Waals surface area contributed by atoms with Crippen molar-refractivity contribution in [1.29, 1.82) is 5.26 Å². The Bertz CT molecular complexity index is 437.